The second-order valence-electron chi connectivity index (χ2n) is 4.28. The number of carbonyl (C=O) groups excluding carboxylic acids is 1. The molecule has 18 heavy (non-hydrogen) atoms. The van der Waals surface area contributed by atoms with Gasteiger partial charge in [-0.2, -0.15) is 0 Å². The number of aromatic nitrogens is 1. The summed E-state index contributed by atoms with van der Waals surface area (Å²) in [6.45, 7) is 2.07. The maximum absolute atomic E-state index is 11.4. The molecule has 0 bridgehead atoms. The minimum Gasteiger partial charge on any atom is -0.465 e. The van der Waals surface area contributed by atoms with Crippen LogP contribution in [0.3, 0.4) is 0 Å². The minimum atomic E-state index is -0.322. The van der Waals surface area contributed by atoms with Gasteiger partial charge in [0.2, 0.25) is 0 Å². The van der Waals surface area contributed by atoms with Gasteiger partial charge in [0.15, 0.2) is 0 Å². The Morgan fingerprint density at radius 3 is 2.94 bits per heavy atom. The highest BCUT2D eigenvalue weighted by molar-refractivity contribution is 6.20. The van der Waals surface area contributed by atoms with E-state index < -0.39 is 0 Å². The molecule has 0 amide bonds. The third-order valence-electron chi connectivity index (χ3n) is 3.07. The molecular weight excluding hydrogens is 250 g/mol. The number of H-pyrrole nitrogens is 1. The van der Waals surface area contributed by atoms with E-state index in [2.05, 4.69) is 11.9 Å². The predicted molar refractivity (Wildman–Crippen MR) is 73.3 cm³/mol. The Labute approximate surface area is 111 Å². The molecule has 1 aromatic carbocycles. The van der Waals surface area contributed by atoms with Crippen LogP contribution in [-0.4, -0.2) is 23.4 Å². The lowest BCUT2D eigenvalue weighted by molar-refractivity contribution is 0.0601. The highest BCUT2D eigenvalue weighted by atomic mass is 35.5. The molecule has 0 radical (unpaired) electrons. The summed E-state index contributed by atoms with van der Waals surface area (Å²) in [5, 5.41) is 1.26. The first kappa shape index (κ1) is 13.0. The number of fused-ring (bicyclic) bond motifs is 1. The highest BCUT2D eigenvalue weighted by Gasteiger charge is 2.11. The quantitative estimate of drug-likeness (QED) is 0.679. The molecule has 2 rings (SSSR count). The normalized spacial score (nSPS) is 12.6. The van der Waals surface area contributed by atoms with Crippen LogP contribution in [0.25, 0.3) is 10.9 Å². The van der Waals surface area contributed by atoms with Crippen LogP contribution in [0.2, 0.25) is 0 Å². The van der Waals surface area contributed by atoms with Crippen LogP contribution < -0.4 is 0 Å². The topological polar surface area (TPSA) is 42.1 Å². The summed E-state index contributed by atoms with van der Waals surface area (Å²) < 4.78 is 4.70. The molecule has 1 unspecified atom stereocenters. The Morgan fingerprint density at radius 2 is 2.28 bits per heavy atom. The number of nitrogens with one attached hydrogen (secondary N) is 1. The first-order valence-corrected chi connectivity index (χ1v) is 6.41. The zero-order valence-electron chi connectivity index (χ0n) is 10.5. The van der Waals surface area contributed by atoms with Crippen LogP contribution in [0.15, 0.2) is 24.4 Å². The molecule has 0 saturated heterocycles. The zero-order valence-corrected chi connectivity index (χ0v) is 11.3. The van der Waals surface area contributed by atoms with E-state index in [9.17, 15) is 4.79 Å². The van der Waals surface area contributed by atoms with Crippen LogP contribution in [-0.2, 0) is 11.2 Å². The minimum absolute atomic E-state index is 0.143. The van der Waals surface area contributed by atoms with Crippen LogP contribution in [0.1, 0.15) is 29.3 Å². The van der Waals surface area contributed by atoms with Gasteiger partial charge in [-0.15, -0.1) is 11.6 Å². The number of esters is 1. The Bertz CT molecular complexity index is 562. The van der Waals surface area contributed by atoms with Crippen molar-refractivity contribution in [2.75, 3.05) is 7.11 Å². The molecule has 3 nitrogen and oxygen atoms in total. The van der Waals surface area contributed by atoms with Crippen molar-refractivity contribution < 1.29 is 9.53 Å². The van der Waals surface area contributed by atoms with E-state index >= 15 is 0 Å². The lowest BCUT2D eigenvalue weighted by atomic mass is 10.1. The van der Waals surface area contributed by atoms with Gasteiger partial charge in [0.1, 0.15) is 0 Å². The molecule has 1 N–H and O–H groups in total. The predicted octanol–water partition coefficient (Wildman–Crippen LogP) is 3.51. The van der Waals surface area contributed by atoms with Crippen molar-refractivity contribution in [3.8, 4) is 0 Å². The SMILES string of the molecule is CCC(Cl)Cc1c[nH]c2cc(C(=O)OC)ccc12. The molecule has 0 spiro atoms. The van der Waals surface area contributed by atoms with Gasteiger partial charge in [-0.05, 0) is 30.5 Å². The van der Waals surface area contributed by atoms with E-state index in [1.165, 1.54) is 12.7 Å². The molecule has 0 aliphatic heterocycles. The Kier molecular flexibility index (Phi) is 3.92. The molecule has 1 heterocycles. The summed E-state index contributed by atoms with van der Waals surface area (Å²) in [7, 11) is 1.38. The first-order chi connectivity index (χ1) is 8.65. The number of hydrogen-bond donors (Lipinski definition) is 1. The van der Waals surface area contributed by atoms with E-state index in [1.807, 2.05) is 12.3 Å². The lowest BCUT2D eigenvalue weighted by Crippen LogP contribution is -2.01. The maximum Gasteiger partial charge on any atom is 0.337 e. The summed E-state index contributed by atoms with van der Waals surface area (Å²) in [5.74, 6) is -0.322. The molecule has 96 valence electrons. The van der Waals surface area contributed by atoms with Crippen LogP contribution in [0.5, 0.6) is 0 Å². The largest absolute Gasteiger partial charge is 0.465 e. The summed E-state index contributed by atoms with van der Waals surface area (Å²) >= 11 is 6.17. The molecule has 0 aliphatic carbocycles. The summed E-state index contributed by atoms with van der Waals surface area (Å²) in [6, 6.07) is 5.52. The van der Waals surface area contributed by atoms with Crippen molar-refractivity contribution in [1.29, 1.82) is 0 Å². The second kappa shape index (κ2) is 5.44. The van der Waals surface area contributed by atoms with Crippen molar-refractivity contribution in [3.05, 3.63) is 35.5 Å². The fourth-order valence-corrected chi connectivity index (χ4v) is 2.15. The van der Waals surface area contributed by atoms with Gasteiger partial charge in [-0.1, -0.05) is 13.0 Å². The smallest absolute Gasteiger partial charge is 0.337 e. The van der Waals surface area contributed by atoms with E-state index in [-0.39, 0.29) is 11.3 Å². The fraction of sp³-hybridized carbons (Fsp3) is 0.357. The van der Waals surface area contributed by atoms with E-state index in [1.54, 1.807) is 12.1 Å². The fourth-order valence-electron chi connectivity index (χ4n) is 1.98. The average Bonchev–Trinajstić information content (AvgIpc) is 2.80. The molecule has 4 heteroatoms. The molecule has 1 aromatic heterocycles. The second-order valence-corrected chi connectivity index (χ2v) is 4.89. The standard InChI is InChI=1S/C14H16ClNO2/c1-3-11(15)6-10-8-16-13-7-9(14(17)18-2)4-5-12(10)13/h4-5,7-8,11,16H,3,6H2,1-2H3. The summed E-state index contributed by atoms with van der Waals surface area (Å²) in [5.41, 5.74) is 2.67. The van der Waals surface area contributed by atoms with Gasteiger partial charge in [0.05, 0.1) is 12.7 Å². The number of aromatic amines is 1. The van der Waals surface area contributed by atoms with Crippen molar-refractivity contribution >= 4 is 28.5 Å². The van der Waals surface area contributed by atoms with Gasteiger partial charge >= 0.3 is 5.97 Å². The van der Waals surface area contributed by atoms with Gasteiger partial charge in [0.25, 0.3) is 0 Å². The van der Waals surface area contributed by atoms with Gasteiger partial charge in [0, 0.05) is 22.5 Å². The monoisotopic (exact) mass is 265 g/mol. The van der Waals surface area contributed by atoms with Crippen molar-refractivity contribution in [1.82, 2.24) is 4.98 Å². The first-order valence-electron chi connectivity index (χ1n) is 5.98. The summed E-state index contributed by atoms with van der Waals surface area (Å²) in [6.07, 6.45) is 3.72. The molecule has 0 aliphatic rings. The number of hydrogen-bond acceptors (Lipinski definition) is 2. The zero-order chi connectivity index (χ0) is 13.1. The lowest BCUT2D eigenvalue weighted by Gasteiger charge is -2.05. The highest BCUT2D eigenvalue weighted by Crippen LogP contribution is 2.23. The molecule has 0 fully saturated rings. The average molecular weight is 266 g/mol. The summed E-state index contributed by atoms with van der Waals surface area (Å²) in [4.78, 5) is 14.6. The van der Waals surface area contributed by atoms with E-state index in [0.29, 0.717) is 5.56 Å². The Balaban J connectivity index is 2.34. The molecular formula is C14H16ClNO2. The van der Waals surface area contributed by atoms with Crippen molar-refractivity contribution in [2.45, 2.75) is 25.1 Å². The molecule has 0 saturated carbocycles. The number of methoxy groups -OCH3 is 1. The number of carbonyl (C=O) groups is 1. The van der Waals surface area contributed by atoms with Gasteiger partial charge in [-0.3, -0.25) is 0 Å². The Hall–Kier alpha value is -1.48. The number of alkyl halides is 1. The third kappa shape index (κ3) is 2.51. The van der Waals surface area contributed by atoms with Crippen molar-refractivity contribution in [3.63, 3.8) is 0 Å². The Morgan fingerprint density at radius 1 is 1.50 bits per heavy atom. The maximum atomic E-state index is 11.4. The van der Waals surface area contributed by atoms with Crippen LogP contribution >= 0.6 is 11.6 Å². The van der Waals surface area contributed by atoms with E-state index in [4.69, 9.17) is 16.3 Å². The third-order valence-corrected chi connectivity index (χ3v) is 3.54. The van der Waals surface area contributed by atoms with Crippen LogP contribution in [0.4, 0.5) is 0 Å². The van der Waals surface area contributed by atoms with Crippen LogP contribution in [0, 0.1) is 0 Å². The van der Waals surface area contributed by atoms with Gasteiger partial charge in [-0.25, -0.2) is 4.79 Å². The number of benzene rings is 1. The molecule has 2 aromatic rings. The number of ether oxygens (including phenoxy) is 1. The van der Waals surface area contributed by atoms with E-state index in [0.717, 1.165) is 23.7 Å². The number of rotatable bonds is 4. The van der Waals surface area contributed by atoms with Crippen molar-refractivity contribution in [2.24, 2.45) is 0 Å². The van der Waals surface area contributed by atoms with Gasteiger partial charge < -0.3 is 9.72 Å². The molecule has 1 atom stereocenters. The number of halogens is 1.